The third-order valence-corrected chi connectivity index (χ3v) is 4.85. The molecule has 0 unspecified atom stereocenters. The smallest absolute Gasteiger partial charge is 0.143 e. The first-order valence-electron chi connectivity index (χ1n) is 9.60. The van der Waals surface area contributed by atoms with Crippen LogP contribution in [0.1, 0.15) is 50.0 Å². The Morgan fingerprint density at radius 3 is 2.62 bits per heavy atom. The van der Waals surface area contributed by atoms with E-state index in [2.05, 4.69) is 43.5 Å². The summed E-state index contributed by atoms with van der Waals surface area (Å²) in [5.74, 6) is 0.858. The van der Waals surface area contributed by atoms with Crippen molar-refractivity contribution < 1.29 is 9.84 Å². The molecule has 0 aliphatic heterocycles. The van der Waals surface area contributed by atoms with Crippen LogP contribution in [0, 0.1) is 0 Å². The highest BCUT2D eigenvalue weighted by molar-refractivity contribution is 5.66. The molecule has 4 heteroatoms. The summed E-state index contributed by atoms with van der Waals surface area (Å²) in [6.07, 6.45) is 1.37. The van der Waals surface area contributed by atoms with Crippen molar-refractivity contribution in [2.24, 2.45) is 0 Å². The zero-order valence-electron chi connectivity index (χ0n) is 16.0. The van der Waals surface area contributed by atoms with Gasteiger partial charge >= 0.3 is 0 Å². The molecule has 0 radical (unpaired) electrons. The molecule has 0 aromatic heterocycles. The van der Waals surface area contributed by atoms with E-state index < -0.39 is 6.10 Å². The average molecular weight is 354 g/mol. The second-order valence-electron chi connectivity index (χ2n) is 7.22. The lowest BCUT2D eigenvalue weighted by molar-refractivity contribution is 0.110. The first-order valence-corrected chi connectivity index (χ1v) is 9.60. The third kappa shape index (κ3) is 4.19. The van der Waals surface area contributed by atoms with Crippen molar-refractivity contribution in [2.75, 3.05) is 11.9 Å². The summed E-state index contributed by atoms with van der Waals surface area (Å²) in [5.41, 5.74) is 4.38. The van der Waals surface area contributed by atoms with Gasteiger partial charge in [0.15, 0.2) is 0 Å². The van der Waals surface area contributed by atoms with E-state index in [9.17, 15) is 5.11 Å². The molecule has 1 aliphatic rings. The minimum atomic E-state index is -0.485. The molecular formula is C22H30N2O2. The third-order valence-electron chi connectivity index (χ3n) is 4.85. The Labute approximate surface area is 156 Å². The largest absolute Gasteiger partial charge is 0.487 e. The average Bonchev–Trinajstić information content (AvgIpc) is 2.64. The molecule has 0 spiro atoms. The minimum absolute atomic E-state index is 0.105. The van der Waals surface area contributed by atoms with E-state index in [1.807, 2.05) is 30.3 Å². The maximum atomic E-state index is 10.8. The summed E-state index contributed by atoms with van der Waals surface area (Å²) in [4.78, 5) is 0. The summed E-state index contributed by atoms with van der Waals surface area (Å²) in [7, 11) is 0. The van der Waals surface area contributed by atoms with E-state index in [-0.39, 0.29) is 6.04 Å². The van der Waals surface area contributed by atoms with Crippen molar-refractivity contribution in [1.29, 1.82) is 0 Å². The zero-order chi connectivity index (χ0) is 18.5. The van der Waals surface area contributed by atoms with E-state index in [0.717, 1.165) is 42.0 Å². The van der Waals surface area contributed by atoms with Gasteiger partial charge in [0, 0.05) is 18.6 Å². The first-order chi connectivity index (χ1) is 12.6. The van der Waals surface area contributed by atoms with Gasteiger partial charge in [-0.1, -0.05) is 50.2 Å². The lowest BCUT2D eigenvalue weighted by atomic mass is 9.84. The molecule has 0 saturated heterocycles. The second-order valence-corrected chi connectivity index (χ2v) is 7.22. The van der Waals surface area contributed by atoms with Gasteiger partial charge in [-0.05, 0) is 42.5 Å². The molecule has 0 saturated carbocycles. The molecule has 3 N–H and O–H groups in total. The summed E-state index contributed by atoms with van der Waals surface area (Å²) in [6.45, 7) is 7.68. The SMILES string of the molecule is CCNc1c(OCc2ccccc2)ccc2c1CC[C@H](NC(C)C)[C@H]2O. The topological polar surface area (TPSA) is 53.5 Å². The van der Waals surface area contributed by atoms with Gasteiger partial charge in [-0.2, -0.15) is 0 Å². The number of rotatable bonds is 7. The van der Waals surface area contributed by atoms with Crippen LogP contribution in [-0.4, -0.2) is 23.7 Å². The predicted molar refractivity (Wildman–Crippen MR) is 107 cm³/mol. The molecule has 4 nitrogen and oxygen atoms in total. The number of hydrogen-bond acceptors (Lipinski definition) is 4. The summed E-state index contributed by atoms with van der Waals surface area (Å²) in [6, 6.07) is 14.7. The van der Waals surface area contributed by atoms with E-state index in [1.54, 1.807) is 0 Å². The van der Waals surface area contributed by atoms with Gasteiger partial charge in [0.25, 0.3) is 0 Å². The van der Waals surface area contributed by atoms with Crippen LogP contribution in [0.25, 0.3) is 0 Å². The Kier molecular flexibility index (Phi) is 6.17. The molecule has 26 heavy (non-hydrogen) atoms. The monoisotopic (exact) mass is 354 g/mol. The molecule has 0 fully saturated rings. The van der Waals surface area contributed by atoms with Crippen LogP contribution in [0.15, 0.2) is 42.5 Å². The maximum Gasteiger partial charge on any atom is 0.143 e. The Hall–Kier alpha value is -2.04. The van der Waals surface area contributed by atoms with Crippen LogP contribution in [0.5, 0.6) is 5.75 Å². The van der Waals surface area contributed by atoms with E-state index >= 15 is 0 Å². The van der Waals surface area contributed by atoms with E-state index in [1.165, 1.54) is 5.56 Å². The molecule has 140 valence electrons. The summed E-state index contributed by atoms with van der Waals surface area (Å²) in [5, 5.41) is 17.8. The standard InChI is InChI=1S/C22H30N2O2/c1-4-23-21-17-10-12-19(24-15(2)3)22(25)18(17)11-13-20(21)26-14-16-8-6-5-7-9-16/h5-9,11,13,15,19,22-25H,4,10,12,14H2,1-3H3/t19-,22-/m0/s1. The number of aliphatic hydroxyl groups excluding tert-OH is 1. The second kappa shape index (κ2) is 8.56. The lowest BCUT2D eigenvalue weighted by Crippen LogP contribution is -2.42. The van der Waals surface area contributed by atoms with Gasteiger partial charge in [0.1, 0.15) is 12.4 Å². The van der Waals surface area contributed by atoms with Crippen LogP contribution in [0.2, 0.25) is 0 Å². The molecule has 0 amide bonds. The van der Waals surface area contributed by atoms with Crippen LogP contribution in [0.3, 0.4) is 0 Å². The van der Waals surface area contributed by atoms with Crippen molar-refractivity contribution >= 4 is 5.69 Å². The molecule has 2 aromatic rings. The Morgan fingerprint density at radius 2 is 1.92 bits per heavy atom. The van der Waals surface area contributed by atoms with Crippen LogP contribution in [0.4, 0.5) is 5.69 Å². The van der Waals surface area contributed by atoms with Gasteiger partial charge in [0.2, 0.25) is 0 Å². The van der Waals surface area contributed by atoms with Crippen LogP contribution in [-0.2, 0) is 13.0 Å². The number of anilines is 1. The highest BCUT2D eigenvalue weighted by Crippen LogP contribution is 2.40. The molecule has 2 atom stereocenters. The number of aliphatic hydroxyl groups is 1. The minimum Gasteiger partial charge on any atom is -0.487 e. The maximum absolute atomic E-state index is 10.8. The molecular weight excluding hydrogens is 324 g/mol. The normalized spacial score (nSPS) is 19.3. The molecule has 3 rings (SSSR count). The van der Waals surface area contributed by atoms with Crippen molar-refractivity contribution in [3.8, 4) is 5.75 Å². The Morgan fingerprint density at radius 1 is 1.15 bits per heavy atom. The lowest BCUT2D eigenvalue weighted by Gasteiger charge is -2.34. The zero-order valence-corrected chi connectivity index (χ0v) is 16.0. The summed E-state index contributed by atoms with van der Waals surface area (Å²) >= 11 is 0. The van der Waals surface area contributed by atoms with Gasteiger partial charge in [0.05, 0.1) is 11.8 Å². The van der Waals surface area contributed by atoms with Crippen LogP contribution < -0.4 is 15.4 Å². The predicted octanol–water partition coefficient (Wildman–Crippen LogP) is 4.04. The number of fused-ring (bicyclic) bond motifs is 1. The first kappa shape index (κ1) is 18.7. The van der Waals surface area contributed by atoms with Crippen molar-refractivity contribution in [1.82, 2.24) is 5.32 Å². The van der Waals surface area contributed by atoms with Gasteiger partial charge in [-0.25, -0.2) is 0 Å². The molecule has 2 aromatic carbocycles. The molecule has 1 aliphatic carbocycles. The quantitative estimate of drug-likeness (QED) is 0.702. The molecule has 0 heterocycles. The van der Waals surface area contributed by atoms with E-state index in [0.29, 0.717) is 12.6 Å². The van der Waals surface area contributed by atoms with Crippen molar-refractivity contribution in [2.45, 2.75) is 58.4 Å². The fourth-order valence-electron chi connectivity index (χ4n) is 3.69. The highest BCUT2D eigenvalue weighted by Gasteiger charge is 2.30. The van der Waals surface area contributed by atoms with Gasteiger partial charge in [-0.3, -0.25) is 0 Å². The number of nitrogens with one attached hydrogen (secondary N) is 2. The number of ether oxygens (including phenoxy) is 1. The fraction of sp³-hybridized carbons (Fsp3) is 0.455. The Balaban J connectivity index is 1.84. The number of benzene rings is 2. The van der Waals surface area contributed by atoms with Crippen molar-refractivity contribution in [3.05, 3.63) is 59.2 Å². The Bertz CT molecular complexity index is 716. The number of hydrogen-bond donors (Lipinski definition) is 3. The molecule has 0 bridgehead atoms. The summed E-state index contributed by atoms with van der Waals surface area (Å²) < 4.78 is 6.11. The fourth-order valence-corrected chi connectivity index (χ4v) is 3.69. The highest BCUT2D eigenvalue weighted by atomic mass is 16.5. The van der Waals surface area contributed by atoms with Gasteiger partial charge < -0.3 is 20.5 Å². The van der Waals surface area contributed by atoms with Gasteiger partial charge in [-0.15, -0.1) is 0 Å². The van der Waals surface area contributed by atoms with Crippen LogP contribution >= 0.6 is 0 Å². The van der Waals surface area contributed by atoms with E-state index in [4.69, 9.17) is 4.74 Å². The van der Waals surface area contributed by atoms with Crippen molar-refractivity contribution in [3.63, 3.8) is 0 Å².